The summed E-state index contributed by atoms with van der Waals surface area (Å²) in [4.78, 5) is 23.9. The Morgan fingerprint density at radius 1 is 0.500 bits per heavy atom. The smallest absolute Gasteiger partial charge is 0.338 e. The Kier molecular flexibility index (Phi) is 10.1. The Bertz CT molecular complexity index is 1410. The van der Waals surface area contributed by atoms with Crippen LogP contribution in [-0.2, 0) is 19.3 Å². The number of carbonyl (C=O) groups excluding carboxylic acids is 2. The molecule has 0 bridgehead atoms. The highest BCUT2D eigenvalue weighted by Crippen LogP contribution is 2.22. The largest absolute Gasteiger partial charge is 0.462 e. The first kappa shape index (κ1) is 29.5. The maximum atomic E-state index is 12.2. The first-order chi connectivity index (χ1) is 19.1. The zero-order valence-electron chi connectivity index (χ0n) is 21.5. The van der Waals surface area contributed by atoms with Gasteiger partial charge in [0.15, 0.2) is 0 Å². The molecule has 8 N–H and O–H groups in total. The van der Waals surface area contributed by atoms with Crippen LogP contribution in [0.1, 0.15) is 27.1 Å². The van der Waals surface area contributed by atoms with Crippen molar-refractivity contribution in [3.8, 4) is 0 Å². The quantitative estimate of drug-likeness (QED) is 0.139. The van der Waals surface area contributed by atoms with E-state index in [1.54, 1.807) is 72.8 Å². The van der Waals surface area contributed by atoms with Crippen LogP contribution in [0.25, 0.3) is 0 Å². The molecule has 0 saturated carbocycles. The van der Waals surface area contributed by atoms with Crippen molar-refractivity contribution in [2.75, 3.05) is 36.1 Å². The molecule has 0 amide bonds. The van der Waals surface area contributed by atoms with Gasteiger partial charge in [0.1, 0.15) is 0 Å². The Hall–Kier alpha value is -5.03. The summed E-state index contributed by atoms with van der Waals surface area (Å²) >= 11 is 0. The Morgan fingerprint density at radius 3 is 1.07 bits per heavy atom. The summed E-state index contributed by atoms with van der Waals surface area (Å²) in [7, 11) is -3.48. The fourth-order valence-electron chi connectivity index (χ4n) is 3.22. The number of sulfone groups is 1. The summed E-state index contributed by atoms with van der Waals surface area (Å²) in [5, 5.41) is 0. The van der Waals surface area contributed by atoms with Gasteiger partial charge in [-0.05, 0) is 97.1 Å². The third kappa shape index (κ3) is 8.50. The van der Waals surface area contributed by atoms with E-state index in [1.165, 1.54) is 24.3 Å². The molecule has 0 aromatic heterocycles. The van der Waals surface area contributed by atoms with Crippen LogP contribution in [-0.4, -0.2) is 33.6 Å². The molecular formula is C29H30N4O6S. The summed E-state index contributed by atoms with van der Waals surface area (Å²) < 4.78 is 34.5. The molecule has 4 aromatic carbocycles. The minimum atomic E-state index is -3.48. The van der Waals surface area contributed by atoms with E-state index in [0.717, 1.165) is 0 Å². The van der Waals surface area contributed by atoms with Crippen LogP contribution in [0.3, 0.4) is 0 Å². The third-order valence-electron chi connectivity index (χ3n) is 5.43. The van der Waals surface area contributed by atoms with E-state index in [4.69, 9.17) is 32.4 Å². The predicted molar refractivity (Wildman–Crippen MR) is 154 cm³/mol. The molecule has 40 heavy (non-hydrogen) atoms. The highest BCUT2D eigenvalue weighted by atomic mass is 32.2. The van der Waals surface area contributed by atoms with Crippen LogP contribution in [0.15, 0.2) is 107 Å². The van der Waals surface area contributed by atoms with Gasteiger partial charge < -0.3 is 32.4 Å². The standard InChI is InChI=1S/C17H18N2O4.C12H12N2O2S/c18-14-6-2-12(3-7-14)16(20)22-10-1-11-23-17(21)13-4-8-15(19)9-5-13;13-9-1-5-11(6-2-9)17(15,16)12-7-3-10(14)4-8-12/h2-9H,1,10-11,18-19H2;1-8H,13-14H2. The monoisotopic (exact) mass is 562 g/mol. The number of nitrogen functional groups attached to an aromatic ring is 4. The number of anilines is 4. The maximum Gasteiger partial charge on any atom is 0.338 e. The zero-order valence-corrected chi connectivity index (χ0v) is 22.3. The predicted octanol–water partition coefficient (Wildman–Crippen LogP) is 3.94. The molecule has 0 saturated heterocycles. The van der Waals surface area contributed by atoms with Crippen LogP contribution in [0, 0.1) is 0 Å². The highest BCUT2D eigenvalue weighted by molar-refractivity contribution is 7.91. The van der Waals surface area contributed by atoms with Crippen LogP contribution in [0.2, 0.25) is 0 Å². The Morgan fingerprint density at radius 2 is 0.775 bits per heavy atom. The van der Waals surface area contributed by atoms with E-state index in [0.29, 0.717) is 40.3 Å². The number of benzene rings is 4. The zero-order chi connectivity index (χ0) is 29.1. The lowest BCUT2D eigenvalue weighted by Gasteiger charge is -2.07. The minimum Gasteiger partial charge on any atom is -0.462 e. The van der Waals surface area contributed by atoms with E-state index in [1.807, 2.05) is 0 Å². The van der Waals surface area contributed by atoms with Crippen molar-refractivity contribution in [1.82, 2.24) is 0 Å². The number of hydrogen-bond acceptors (Lipinski definition) is 10. The van der Waals surface area contributed by atoms with Crippen LogP contribution < -0.4 is 22.9 Å². The molecule has 0 atom stereocenters. The molecule has 0 aliphatic heterocycles. The highest BCUT2D eigenvalue weighted by Gasteiger charge is 2.16. The molecule has 11 heteroatoms. The minimum absolute atomic E-state index is 0.165. The molecule has 10 nitrogen and oxygen atoms in total. The van der Waals surface area contributed by atoms with Crippen molar-refractivity contribution in [2.45, 2.75) is 16.2 Å². The first-order valence-electron chi connectivity index (χ1n) is 12.1. The summed E-state index contributed by atoms with van der Waals surface area (Å²) in [5.74, 6) is -0.871. The van der Waals surface area contributed by atoms with Gasteiger partial charge in [0.25, 0.3) is 0 Å². The van der Waals surface area contributed by atoms with E-state index < -0.39 is 21.8 Å². The molecular weight excluding hydrogens is 532 g/mol. The van der Waals surface area contributed by atoms with Gasteiger partial charge in [-0.1, -0.05) is 0 Å². The van der Waals surface area contributed by atoms with Gasteiger partial charge in [-0.15, -0.1) is 0 Å². The Labute approximate surface area is 232 Å². The van der Waals surface area contributed by atoms with Gasteiger partial charge in [0, 0.05) is 29.2 Å². The van der Waals surface area contributed by atoms with Gasteiger partial charge in [-0.25, -0.2) is 18.0 Å². The normalized spacial score (nSPS) is 10.6. The number of nitrogens with two attached hydrogens (primary N) is 4. The number of rotatable bonds is 8. The average molecular weight is 563 g/mol. The average Bonchev–Trinajstić information content (AvgIpc) is 2.94. The molecule has 0 aliphatic carbocycles. The summed E-state index contributed by atoms with van der Waals surface area (Å²) in [6.07, 6.45) is 0.418. The Balaban J connectivity index is 0.000000230. The molecule has 0 spiro atoms. The number of ether oxygens (including phenoxy) is 2. The number of hydrogen-bond donors (Lipinski definition) is 4. The van der Waals surface area contributed by atoms with Crippen molar-refractivity contribution in [2.24, 2.45) is 0 Å². The molecule has 208 valence electrons. The molecule has 0 unspecified atom stereocenters. The summed E-state index contributed by atoms with van der Waals surface area (Å²) in [5.41, 5.74) is 25.2. The molecule has 4 aromatic rings. The molecule has 0 heterocycles. The second-order valence-electron chi connectivity index (χ2n) is 8.51. The number of carbonyl (C=O) groups is 2. The van der Waals surface area contributed by atoms with Crippen molar-refractivity contribution in [3.05, 3.63) is 108 Å². The van der Waals surface area contributed by atoms with Crippen molar-refractivity contribution >= 4 is 44.5 Å². The second kappa shape index (κ2) is 13.7. The molecule has 4 rings (SSSR count). The van der Waals surface area contributed by atoms with Crippen molar-refractivity contribution < 1.29 is 27.5 Å². The van der Waals surface area contributed by atoms with Gasteiger partial charge in [0.05, 0.1) is 34.1 Å². The fourth-order valence-corrected chi connectivity index (χ4v) is 4.48. The third-order valence-corrected chi connectivity index (χ3v) is 7.21. The fraction of sp³-hybridized carbons (Fsp3) is 0.103. The first-order valence-corrected chi connectivity index (χ1v) is 13.6. The molecule has 0 aliphatic rings. The van der Waals surface area contributed by atoms with E-state index in [9.17, 15) is 18.0 Å². The second-order valence-corrected chi connectivity index (χ2v) is 10.5. The molecule has 0 fully saturated rings. The van der Waals surface area contributed by atoms with Gasteiger partial charge >= 0.3 is 11.9 Å². The summed E-state index contributed by atoms with van der Waals surface area (Å²) in [6, 6.07) is 25.1. The summed E-state index contributed by atoms with van der Waals surface area (Å²) in [6.45, 7) is 0.330. The van der Waals surface area contributed by atoms with Crippen LogP contribution >= 0.6 is 0 Å². The van der Waals surface area contributed by atoms with Crippen molar-refractivity contribution in [1.29, 1.82) is 0 Å². The van der Waals surface area contributed by atoms with E-state index in [2.05, 4.69) is 0 Å². The number of esters is 2. The maximum absolute atomic E-state index is 12.2. The topological polar surface area (TPSA) is 191 Å². The van der Waals surface area contributed by atoms with Gasteiger partial charge in [-0.3, -0.25) is 0 Å². The van der Waals surface area contributed by atoms with Crippen molar-refractivity contribution in [3.63, 3.8) is 0 Å². The van der Waals surface area contributed by atoms with E-state index in [-0.39, 0.29) is 23.0 Å². The lowest BCUT2D eigenvalue weighted by molar-refractivity contribution is 0.0396. The van der Waals surface area contributed by atoms with E-state index >= 15 is 0 Å². The lowest BCUT2D eigenvalue weighted by Crippen LogP contribution is -2.11. The van der Waals surface area contributed by atoms with Gasteiger partial charge in [0.2, 0.25) is 9.84 Å². The van der Waals surface area contributed by atoms with Crippen LogP contribution in [0.4, 0.5) is 22.7 Å². The SMILES string of the molecule is Nc1ccc(C(=O)OCCCOC(=O)c2ccc(N)cc2)cc1.Nc1ccc(S(=O)(=O)c2ccc(N)cc2)cc1. The van der Waals surface area contributed by atoms with Gasteiger partial charge in [-0.2, -0.15) is 0 Å². The lowest BCUT2D eigenvalue weighted by atomic mass is 10.2. The van der Waals surface area contributed by atoms with Crippen LogP contribution in [0.5, 0.6) is 0 Å². The molecule has 0 radical (unpaired) electrons.